The van der Waals surface area contributed by atoms with Gasteiger partial charge in [-0.3, -0.25) is 14.4 Å². The first kappa shape index (κ1) is 17.6. The third-order valence-corrected chi connectivity index (χ3v) is 3.89. The molecule has 0 unspecified atom stereocenters. The molecule has 0 aromatic heterocycles. The molecule has 6 nitrogen and oxygen atoms in total. The average molecular weight is 343 g/mol. The van der Waals surface area contributed by atoms with E-state index in [2.05, 4.69) is 5.32 Å². The van der Waals surface area contributed by atoms with Crippen LogP contribution in [0.5, 0.6) is 0 Å². The number of benzene rings is 2. The molecule has 0 aliphatic heterocycles. The normalized spacial score (nSPS) is 10.1. The van der Waals surface area contributed by atoms with Crippen molar-refractivity contribution in [2.75, 3.05) is 22.2 Å². The summed E-state index contributed by atoms with van der Waals surface area (Å²) < 4.78 is 0. The quantitative estimate of drug-likeness (QED) is 0.507. The number of nitrogens with two attached hydrogens (primary N) is 1. The van der Waals surface area contributed by atoms with Crippen molar-refractivity contribution in [3.8, 4) is 0 Å². The summed E-state index contributed by atoms with van der Waals surface area (Å²) in [5, 5.41) is 2.51. The molecule has 124 valence electrons. The minimum atomic E-state index is -0.970. The van der Waals surface area contributed by atoms with Gasteiger partial charge in [-0.25, -0.2) is 4.90 Å². The molecule has 0 saturated heterocycles. The van der Waals surface area contributed by atoms with Crippen LogP contribution in [-0.4, -0.2) is 24.0 Å². The van der Waals surface area contributed by atoms with E-state index < -0.39 is 17.7 Å². The fourth-order valence-corrected chi connectivity index (χ4v) is 2.55. The van der Waals surface area contributed by atoms with Crippen molar-refractivity contribution in [2.24, 2.45) is 0 Å². The number of carbonyl (C=O) groups excluding carboxylic acids is 3. The van der Waals surface area contributed by atoms with Crippen LogP contribution in [0.4, 0.5) is 17.1 Å². The van der Waals surface area contributed by atoms with Gasteiger partial charge >= 0.3 is 11.8 Å². The summed E-state index contributed by atoms with van der Waals surface area (Å²) in [6.07, 6.45) is 1.91. The molecular weight excluding hydrogens is 326 g/mol. The number of amides is 3. The zero-order valence-electron chi connectivity index (χ0n) is 13.3. The van der Waals surface area contributed by atoms with Crippen LogP contribution in [0.2, 0.25) is 0 Å². The standard InChI is InChI=1S/C17H17N3O3S/c1-11(21)20(14-7-3-5-12(18)9-14)17(23)16(22)19-13-6-4-8-15(10-13)24-2/h3-10H,18H2,1-2H3,(H,19,22). The molecule has 0 fully saturated rings. The van der Waals surface area contributed by atoms with Crippen LogP contribution in [0.15, 0.2) is 53.4 Å². The Morgan fingerprint density at radius 1 is 1.08 bits per heavy atom. The average Bonchev–Trinajstić information content (AvgIpc) is 2.54. The molecule has 2 rings (SSSR count). The molecule has 3 N–H and O–H groups in total. The molecule has 0 aliphatic carbocycles. The molecule has 0 radical (unpaired) electrons. The molecule has 0 saturated carbocycles. The van der Waals surface area contributed by atoms with Crippen LogP contribution in [0.1, 0.15) is 6.92 Å². The Morgan fingerprint density at radius 2 is 1.79 bits per heavy atom. The Balaban J connectivity index is 2.23. The van der Waals surface area contributed by atoms with Gasteiger partial charge in [-0.15, -0.1) is 11.8 Å². The lowest BCUT2D eigenvalue weighted by Crippen LogP contribution is -2.42. The Morgan fingerprint density at radius 3 is 2.42 bits per heavy atom. The number of thioether (sulfide) groups is 1. The third-order valence-electron chi connectivity index (χ3n) is 3.17. The minimum absolute atomic E-state index is 0.250. The maximum absolute atomic E-state index is 12.4. The van der Waals surface area contributed by atoms with Crippen molar-refractivity contribution in [3.05, 3.63) is 48.5 Å². The molecule has 2 aromatic rings. The summed E-state index contributed by atoms with van der Waals surface area (Å²) in [4.78, 5) is 38.2. The molecular formula is C17H17N3O3S. The number of anilines is 3. The van der Waals surface area contributed by atoms with E-state index in [1.807, 2.05) is 12.3 Å². The van der Waals surface area contributed by atoms with Crippen molar-refractivity contribution >= 4 is 46.5 Å². The van der Waals surface area contributed by atoms with Gasteiger partial charge in [0, 0.05) is 23.2 Å². The number of nitrogens with zero attached hydrogens (tertiary/aromatic N) is 1. The molecule has 0 aliphatic rings. The number of carbonyl (C=O) groups is 3. The Bertz CT molecular complexity index is 792. The van der Waals surface area contributed by atoms with E-state index in [0.29, 0.717) is 11.4 Å². The highest BCUT2D eigenvalue weighted by Crippen LogP contribution is 2.20. The van der Waals surface area contributed by atoms with Crippen LogP contribution in [0.3, 0.4) is 0 Å². The Kier molecular flexibility index (Phi) is 5.59. The van der Waals surface area contributed by atoms with Gasteiger partial charge in [0.25, 0.3) is 0 Å². The van der Waals surface area contributed by atoms with Crippen molar-refractivity contribution in [1.29, 1.82) is 0 Å². The monoisotopic (exact) mass is 343 g/mol. The summed E-state index contributed by atoms with van der Waals surface area (Å²) >= 11 is 1.51. The van der Waals surface area contributed by atoms with Gasteiger partial charge in [0.1, 0.15) is 0 Å². The molecule has 2 aromatic carbocycles. The van der Waals surface area contributed by atoms with Crippen LogP contribution in [-0.2, 0) is 14.4 Å². The van der Waals surface area contributed by atoms with Gasteiger partial charge in [-0.1, -0.05) is 12.1 Å². The smallest absolute Gasteiger partial charge is 0.323 e. The summed E-state index contributed by atoms with van der Waals surface area (Å²) in [6, 6.07) is 13.3. The van der Waals surface area contributed by atoms with Crippen molar-refractivity contribution in [1.82, 2.24) is 0 Å². The second-order valence-corrected chi connectivity index (χ2v) is 5.82. The maximum atomic E-state index is 12.4. The predicted molar refractivity (Wildman–Crippen MR) is 95.9 cm³/mol. The van der Waals surface area contributed by atoms with E-state index in [0.717, 1.165) is 9.80 Å². The van der Waals surface area contributed by atoms with Crippen LogP contribution in [0.25, 0.3) is 0 Å². The fraction of sp³-hybridized carbons (Fsp3) is 0.118. The van der Waals surface area contributed by atoms with Crippen molar-refractivity contribution < 1.29 is 14.4 Å². The van der Waals surface area contributed by atoms with E-state index in [9.17, 15) is 14.4 Å². The highest BCUT2D eigenvalue weighted by Gasteiger charge is 2.27. The van der Waals surface area contributed by atoms with Gasteiger partial charge < -0.3 is 11.1 Å². The van der Waals surface area contributed by atoms with Gasteiger partial charge in [0.05, 0.1) is 5.69 Å². The van der Waals surface area contributed by atoms with E-state index in [1.165, 1.54) is 30.8 Å². The summed E-state index contributed by atoms with van der Waals surface area (Å²) in [5.41, 5.74) is 6.80. The zero-order chi connectivity index (χ0) is 17.7. The predicted octanol–water partition coefficient (Wildman–Crippen LogP) is 2.51. The van der Waals surface area contributed by atoms with E-state index >= 15 is 0 Å². The number of nitrogens with one attached hydrogen (secondary N) is 1. The second-order valence-electron chi connectivity index (χ2n) is 4.94. The SMILES string of the molecule is CSc1cccc(NC(=O)C(=O)N(C(C)=O)c2cccc(N)c2)c1. The van der Waals surface area contributed by atoms with Crippen molar-refractivity contribution in [3.63, 3.8) is 0 Å². The first-order valence-corrected chi connectivity index (χ1v) is 8.30. The number of hydrogen-bond acceptors (Lipinski definition) is 5. The zero-order valence-corrected chi connectivity index (χ0v) is 14.1. The molecule has 7 heteroatoms. The fourth-order valence-electron chi connectivity index (χ4n) is 2.09. The lowest BCUT2D eigenvalue weighted by Gasteiger charge is -2.19. The molecule has 0 spiro atoms. The maximum Gasteiger partial charge on any atom is 0.323 e. The van der Waals surface area contributed by atoms with E-state index in [-0.39, 0.29) is 5.69 Å². The first-order chi connectivity index (χ1) is 11.4. The van der Waals surface area contributed by atoms with Crippen molar-refractivity contribution in [2.45, 2.75) is 11.8 Å². The largest absolute Gasteiger partial charge is 0.399 e. The number of hydrogen-bond donors (Lipinski definition) is 2. The number of rotatable bonds is 3. The van der Waals surface area contributed by atoms with Crippen LogP contribution < -0.4 is 16.0 Å². The Hall–Kier alpha value is -2.80. The second kappa shape index (κ2) is 7.65. The molecule has 3 amide bonds. The third kappa shape index (κ3) is 4.14. The lowest BCUT2D eigenvalue weighted by molar-refractivity contribution is -0.136. The molecule has 24 heavy (non-hydrogen) atoms. The molecule has 0 heterocycles. The first-order valence-electron chi connectivity index (χ1n) is 7.08. The summed E-state index contributed by atoms with van der Waals surface area (Å²) in [6.45, 7) is 1.21. The van der Waals surface area contributed by atoms with Gasteiger partial charge in [0.2, 0.25) is 5.91 Å². The topological polar surface area (TPSA) is 92.5 Å². The number of nitrogen functional groups attached to an aromatic ring is 1. The van der Waals surface area contributed by atoms with E-state index in [1.54, 1.807) is 30.3 Å². The molecule has 0 bridgehead atoms. The summed E-state index contributed by atoms with van der Waals surface area (Å²) in [5.74, 6) is -2.44. The van der Waals surface area contributed by atoms with Crippen LogP contribution in [0, 0.1) is 0 Å². The number of imide groups is 1. The highest BCUT2D eigenvalue weighted by molar-refractivity contribution is 7.98. The lowest BCUT2D eigenvalue weighted by atomic mass is 10.2. The van der Waals surface area contributed by atoms with Gasteiger partial charge in [0.15, 0.2) is 0 Å². The molecule has 0 atom stereocenters. The van der Waals surface area contributed by atoms with E-state index in [4.69, 9.17) is 5.73 Å². The minimum Gasteiger partial charge on any atom is -0.399 e. The Labute approximate surface area is 144 Å². The van der Waals surface area contributed by atoms with Gasteiger partial charge in [-0.2, -0.15) is 0 Å². The van der Waals surface area contributed by atoms with Crippen LogP contribution >= 0.6 is 11.8 Å². The summed E-state index contributed by atoms with van der Waals surface area (Å²) in [7, 11) is 0. The highest BCUT2D eigenvalue weighted by atomic mass is 32.2. The van der Waals surface area contributed by atoms with Gasteiger partial charge in [-0.05, 0) is 42.7 Å².